The molecule has 0 aromatic heterocycles. The van der Waals surface area contributed by atoms with Crippen molar-refractivity contribution in [2.45, 2.75) is 37.3 Å². The van der Waals surface area contributed by atoms with Crippen LogP contribution < -0.4 is 10.6 Å². The number of benzene rings is 1. The maximum atomic E-state index is 13.0. The topological polar surface area (TPSA) is 41.1 Å². The Morgan fingerprint density at radius 1 is 1.25 bits per heavy atom. The molecule has 0 radical (unpaired) electrons. The molecule has 0 bridgehead atoms. The van der Waals surface area contributed by atoms with Crippen molar-refractivity contribution in [2.24, 2.45) is 5.92 Å². The lowest BCUT2D eigenvalue weighted by Crippen LogP contribution is -2.51. The van der Waals surface area contributed by atoms with Gasteiger partial charge in [0.2, 0.25) is 5.91 Å². The first-order valence-electron chi connectivity index (χ1n) is 8.08. The van der Waals surface area contributed by atoms with Crippen LogP contribution in [0.2, 0.25) is 0 Å². The molecular formula is C17H22ClF3N2O. The van der Waals surface area contributed by atoms with E-state index in [0.717, 1.165) is 38.1 Å². The van der Waals surface area contributed by atoms with Crippen LogP contribution in [0.4, 0.5) is 13.2 Å². The van der Waals surface area contributed by atoms with Crippen LogP contribution in [-0.4, -0.2) is 25.5 Å². The molecule has 1 aromatic carbocycles. The smallest absolute Gasteiger partial charge is 0.355 e. The highest BCUT2D eigenvalue weighted by Gasteiger charge is 2.44. The Hall–Kier alpha value is -1.27. The first-order chi connectivity index (χ1) is 10.9. The summed E-state index contributed by atoms with van der Waals surface area (Å²) in [6, 6.07) is 5.27. The monoisotopic (exact) mass is 362 g/mol. The summed E-state index contributed by atoms with van der Waals surface area (Å²) in [6.45, 7) is 2.36. The summed E-state index contributed by atoms with van der Waals surface area (Å²) in [6.07, 6.45) is -1.42. The van der Waals surface area contributed by atoms with E-state index >= 15 is 0 Å². The fourth-order valence-electron chi connectivity index (χ4n) is 3.52. The Kier molecular flexibility index (Phi) is 5.81. The zero-order valence-corrected chi connectivity index (χ0v) is 14.1. The first-order valence-corrected chi connectivity index (χ1v) is 8.08. The number of hydrogen-bond donors (Lipinski definition) is 2. The average molecular weight is 363 g/mol. The maximum Gasteiger partial charge on any atom is 0.416 e. The lowest BCUT2D eigenvalue weighted by molar-refractivity contribution is -0.138. The van der Waals surface area contributed by atoms with E-state index in [1.54, 1.807) is 6.07 Å². The maximum absolute atomic E-state index is 13.0. The summed E-state index contributed by atoms with van der Waals surface area (Å²) in [4.78, 5) is 12.8. The van der Waals surface area contributed by atoms with Gasteiger partial charge in [-0.15, -0.1) is 12.4 Å². The van der Waals surface area contributed by atoms with Gasteiger partial charge in [0.15, 0.2) is 0 Å². The van der Waals surface area contributed by atoms with Crippen molar-refractivity contribution in [1.82, 2.24) is 10.6 Å². The van der Waals surface area contributed by atoms with E-state index in [0.29, 0.717) is 30.9 Å². The second-order valence-electron chi connectivity index (χ2n) is 6.60. The third-order valence-corrected chi connectivity index (χ3v) is 5.05. The number of halogens is 4. The SMILES string of the molecule is Cl.O=C(NCC1CNC1)C1(c2cccc(C(F)(F)F)c2)CCCC1. The lowest BCUT2D eigenvalue weighted by atomic mass is 9.77. The quantitative estimate of drug-likeness (QED) is 0.863. The van der Waals surface area contributed by atoms with Gasteiger partial charge < -0.3 is 10.6 Å². The molecule has 1 aliphatic carbocycles. The van der Waals surface area contributed by atoms with Gasteiger partial charge in [0.1, 0.15) is 0 Å². The Morgan fingerprint density at radius 3 is 2.46 bits per heavy atom. The van der Waals surface area contributed by atoms with Gasteiger partial charge in [0.05, 0.1) is 11.0 Å². The Morgan fingerprint density at radius 2 is 1.92 bits per heavy atom. The van der Waals surface area contributed by atoms with E-state index in [2.05, 4.69) is 10.6 Å². The van der Waals surface area contributed by atoms with E-state index in [9.17, 15) is 18.0 Å². The normalized spacial score (nSPS) is 20.1. The number of carbonyl (C=O) groups excluding carboxylic acids is 1. The highest BCUT2D eigenvalue weighted by atomic mass is 35.5. The van der Waals surface area contributed by atoms with E-state index in [-0.39, 0.29) is 18.3 Å². The Balaban J connectivity index is 0.00000208. The van der Waals surface area contributed by atoms with Gasteiger partial charge in [0.25, 0.3) is 0 Å². The second kappa shape index (κ2) is 7.31. The van der Waals surface area contributed by atoms with Crippen molar-refractivity contribution < 1.29 is 18.0 Å². The fourth-order valence-corrected chi connectivity index (χ4v) is 3.52. The number of carbonyl (C=O) groups is 1. The lowest BCUT2D eigenvalue weighted by Gasteiger charge is -2.32. The summed E-state index contributed by atoms with van der Waals surface area (Å²) in [5, 5.41) is 6.11. The van der Waals surface area contributed by atoms with Crippen molar-refractivity contribution >= 4 is 18.3 Å². The van der Waals surface area contributed by atoms with Crippen molar-refractivity contribution in [1.29, 1.82) is 0 Å². The van der Waals surface area contributed by atoms with Crippen LogP contribution in [0.15, 0.2) is 24.3 Å². The molecule has 2 aliphatic rings. The third kappa shape index (κ3) is 3.70. The molecule has 2 N–H and O–H groups in total. The van der Waals surface area contributed by atoms with E-state index in [1.165, 1.54) is 6.07 Å². The molecular weight excluding hydrogens is 341 g/mol. The van der Waals surface area contributed by atoms with Gasteiger partial charge in [-0.2, -0.15) is 13.2 Å². The summed E-state index contributed by atoms with van der Waals surface area (Å²) < 4.78 is 38.9. The zero-order valence-electron chi connectivity index (χ0n) is 13.3. The van der Waals surface area contributed by atoms with Crippen molar-refractivity contribution in [2.75, 3.05) is 19.6 Å². The molecule has 1 amide bonds. The Bertz CT molecular complexity index is 581. The number of amides is 1. The molecule has 134 valence electrons. The van der Waals surface area contributed by atoms with Gasteiger partial charge in [-0.05, 0) is 24.5 Å². The summed E-state index contributed by atoms with van der Waals surface area (Å²) in [5.41, 5.74) is -0.996. The molecule has 1 aromatic rings. The van der Waals surface area contributed by atoms with E-state index in [4.69, 9.17) is 0 Å². The van der Waals surface area contributed by atoms with Crippen LogP contribution >= 0.6 is 12.4 Å². The number of hydrogen-bond acceptors (Lipinski definition) is 2. The molecule has 0 spiro atoms. The molecule has 3 rings (SSSR count). The summed E-state index contributed by atoms with van der Waals surface area (Å²) >= 11 is 0. The van der Waals surface area contributed by atoms with Crippen LogP contribution in [-0.2, 0) is 16.4 Å². The number of rotatable bonds is 4. The van der Waals surface area contributed by atoms with E-state index in [1.807, 2.05) is 0 Å². The molecule has 1 saturated heterocycles. The van der Waals surface area contributed by atoms with Crippen molar-refractivity contribution in [3.05, 3.63) is 35.4 Å². The van der Waals surface area contributed by atoms with Crippen LogP contribution in [0.1, 0.15) is 36.8 Å². The molecule has 1 heterocycles. The average Bonchev–Trinajstić information content (AvgIpc) is 2.95. The molecule has 1 saturated carbocycles. The largest absolute Gasteiger partial charge is 0.416 e. The predicted octanol–water partition coefficient (Wildman–Crippen LogP) is 3.27. The van der Waals surface area contributed by atoms with Crippen LogP contribution in [0, 0.1) is 5.92 Å². The standard InChI is InChI=1S/C17H21F3N2O.ClH/c18-17(19,20)14-5-3-4-13(8-14)16(6-1-2-7-16)15(23)22-11-12-9-21-10-12;/h3-5,8,12,21H,1-2,6-7,9-11H2,(H,22,23);1H. The minimum Gasteiger partial charge on any atom is -0.355 e. The third-order valence-electron chi connectivity index (χ3n) is 5.05. The molecule has 0 unspecified atom stereocenters. The van der Waals surface area contributed by atoms with Gasteiger partial charge in [-0.1, -0.05) is 31.0 Å². The summed E-state index contributed by atoms with van der Waals surface area (Å²) in [5.74, 6) is 0.306. The van der Waals surface area contributed by atoms with Gasteiger partial charge in [-0.3, -0.25) is 4.79 Å². The van der Waals surface area contributed by atoms with Crippen LogP contribution in [0.5, 0.6) is 0 Å². The fraction of sp³-hybridized carbons (Fsp3) is 0.588. The minimum atomic E-state index is -4.39. The van der Waals surface area contributed by atoms with Crippen molar-refractivity contribution in [3.8, 4) is 0 Å². The van der Waals surface area contributed by atoms with E-state index < -0.39 is 17.2 Å². The molecule has 24 heavy (non-hydrogen) atoms. The molecule has 0 atom stereocenters. The molecule has 1 aliphatic heterocycles. The first kappa shape index (κ1) is 19.1. The summed E-state index contributed by atoms with van der Waals surface area (Å²) in [7, 11) is 0. The predicted molar refractivity (Wildman–Crippen MR) is 88.2 cm³/mol. The Labute approximate surface area is 145 Å². The van der Waals surface area contributed by atoms with Gasteiger partial charge in [0, 0.05) is 25.6 Å². The van der Waals surface area contributed by atoms with Crippen molar-refractivity contribution in [3.63, 3.8) is 0 Å². The van der Waals surface area contributed by atoms with Gasteiger partial charge in [-0.25, -0.2) is 0 Å². The molecule has 3 nitrogen and oxygen atoms in total. The second-order valence-corrected chi connectivity index (χ2v) is 6.60. The highest BCUT2D eigenvalue weighted by Crippen LogP contribution is 2.43. The van der Waals surface area contributed by atoms with Gasteiger partial charge >= 0.3 is 6.18 Å². The van der Waals surface area contributed by atoms with Crippen LogP contribution in [0.3, 0.4) is 0 Å². The highest BCUT2D eigenvalue weighted by molar-refractivity contribution is 5.88. The number of alkyl halides is 3. The number of nitrogens with one attached hydrogen (secondary N) is 2. The molecule has 2 fully saturated rings. The van der Waals surface area contributed by atoms with Crippen LogP contribution in [0.25, 0.3) is 0 Å². The molecule has 7 heteroatoms. The minimum absolute atomic E-state index is 0. The zero-order chi connectivity index (χ0) is 16.5.